The molecule has 0 aliphatic rings. The fourth-order valence-corrected chi connectivity index (χ4v) is 3.45. The van der Waals surface area contributed by atoms with Gasteiger partial charge in [-0.25, -0.2) is 14.4 Å². The van der Waals surface area contributed by atoms with Crippen molar-refractivity contribution in [2.24, 2.45) is 0 Å². The van der Waals surface area contributed by atoms with Gasteiger partial charge in [0.2, 0.25) is 5.95 Å². The topological polar surface area (TPSA) is 110 Å². The molecule has 0 radical (unpaired) electrons. The Kier molecular flexibility index (Phi) is 4.13. The van der Waals surface area contributed by atoms with Crippen LogP contribution in [0.1, 0.15) is 11.9 Å². The van der Waals surface area contributed by atoms with E-state index in [9.17, 15) is 4.39 Å². The molecule has 0 aliphatic carbocycles. The van der Waals surface area contributed by atoms with Crippen LogP contribution < -0.4 is 11.1 Å². The van der Waals surface area contributed by atoms with Gasteiger partial charge in [0.25, 0.3) is 0 Å². The van der Waals surface area contributed by atoms with Crippen LogP contribution in [0.3, 0.4) is 0 Å². The van der Waals surface area contributed by atoms with E-state index < -0.39 is 6.04 Å². The van der Waals surface area contributed by atoms with Gasteiger partial charge < -0.3 is 16.0 Å². The van der Waals surface area contributed by atoms with Crippen LogP contribution >= 0.6 is 0 Å². The Labute approximate surface area is 170 Å². The van der Waals surface area contributed by atoms with Crippen LogP contribution in [-0.4, -0.2) is 29.5 Å². The van der Waals surface area contributed by atoms with Crippen LogP contribution in [0.15, 0.2) is 67.5 Å². The van der Waals surface area contributed by atoms with Gasteiger partial charge in [-0.05, 0) is 24.3 Å². The van der Waals surface area contributed by atoms with E-state index in [4.69, 9.17) is 10.7 Å². The lowest BCUT2D eigenvalue weighted by molar-refractivity contribution is 0.629. The third-order valence-corrected chi connectivity index (χ3v) is 4.77. The van der Waals surface area contributed by atoms with Gasteiger partial charge in [0, 0.05) is 11.8 Å². The minimum atomic E-state index is -0.457. The van der Waals surface area contributed by atoms with Crippen molar-refractivity contribution in [1.82, 2.24) is 29.5 Å². The number of nitrogen functional groups attached to an aromatic ring is 1. The molecule has 0 amide bonds. The Balaban J connectivity index is 1.69. The Morgan fingerprint density at radius 2 is 1.97 bits per heavy atom. The minimum absolute atomic E-state index is 0.0959. The highest BCUT2D eigenvalue weighted by Gasteiger charge is 2.21. The fourth-order valence-electron chi connectivity index (χ4n) is 3.45. The molecule has 148 valence electrons. The second-order valence-corrected chi connectivity index (χ2v) is 6.66. The standard InChI is InChI=1S/C21H17FN8/c1-2-14(26-19-17-18(25-11-24-17)28-21(23)29-19)20-27-15-9-8-12(22)10-16(15)30(20)13-6-4-3-5-7-13/h2-11,14H,1H2,(H4,23,24,25,26,28,29). The molecule has 0 fully saturated rings. The van der Waals surface area contributed by atoms with E-state index in [1.54, 1.807) is 12.1 Å². The van der Waals surface area contributed by atoms with Crippen molar-refractivity contribution in [2.75, 3.05) is 11.1 Å². The first kappa shape index (κ1) is 17.8. The number of H-pyrrole nitrogens is 1. The largest absolute Gasteiger partial charge is 0.368 e. The zero-order chi connectivity index (χ0) is 20.7. The zero-order valence-electron chi connectivity index (χ0n) is 15.7. The first-order chi connectivity index (χ1) is 14.6. The summed E-state index contributed by atoms with van der Waals surface area (Å²) in [5, 5.41) is 3.30. The summed E-state index contributed by atoms with van der Waals surface area (Å²) < 4.78 is 15.9. The SMILES string of the molecule is C=CC(Nc1nc(N)nc2nc[nH]c12)c1nc2ccc(F)cc2n1-c1ccccc1. The monoisotopic (exact) mass is 400 g/mol. The van der Waals surface area contributed by atoms with Gasteiger partial charge in [0.1, 0.15) is 23.2 Å². The van der Waals surface area contributed by atoms with Crippen molar-refractivity contribution in [1.29, 1.82) is 0 Å². The number of hydrogen-bond acceptors (Lipinski definition) is 6. The molecule has 0 bridgehead atoms. The number of nitrogens with one attached hydrogen (secondary N) is 2. The molecule has 1 atom stereocenters. The number of hydrogen-bond donors (Lipinski definition) is 3. The zero-order valence-corrected chi connectivity index (χ0v) is 15.7. The predicted molar refractivity (Wildman–Crippen MR) is 114 cm³/mol. The third-order valence-electron chi connectivity index (χ3n) is 4.77. The van der Waals surface area contributed by atoms with Crippen LogP contribution in [0.5, 0.6) is 0 Å². The Morgan fingerprint density at radius 1 is 1.13 bits per heavy atom. The number of aromatic nitrogens is 6. The molecular formula is C21H17FN8. The molecule has 0 saturated carbocycles. The average Bonchev–Trinajstić information content (AvgIpc) is 3.36. The maximum atomic E-state index is 14.0. The van der Waals surface area contributed by atoms with E-state index in [1.165, 1.54) is 18.5 Å². The molecule has 3 aromatic heterocycles. The van der Waals surface area contributed by atoms with E-state index >= 15 is 0 Å². The normalized spacial score (nSPS) is 12.3. The first-order valence-corrected chi connectivity index (χ1v) is 9.23. The second kappa shape index (κ2) is 6.96. The fraction of sp³-hybridized carbons (Fsp3) is 0.0476. The predicted octanol–water partition coefficient (Wildman–Crippen LogP) is 3.75. The van der Waals surface area contributed by atoms with Crippen LogP contribution in [0, 0.1) is 5.82 Å². The minimum Gasteiger partial charge on any atom is -0.368 e. The number of aromatic amines is 1. The van der Waals surface area contributed by atoms with E-state index in [2.05, 4.69) is 31.8 Å². The van der Waals surface area contributed by atoms with E-state index in [-0.39, 0.29) is 11.8 Å². The van der Waals surface area contributed by atoms with Gasteiger partial charge in [-0.1, -0.05) is 24.3 Å². The van der Waals surface area contributed by atoms with Crippen molar-refractivity contribution in [3.8, 4) is 5.69 Å². The number of para-hydroxylation sites is 1. The maximum Gasteiger partial charge on any atom is 0.224 e. The Morgan fingerprint density at radius 3 is 2.77 bits per heavy atom. The van der Waals surface area contributed by atoms with E-state index in [0.717, 1.165) is 5.69 Å². The Hall–Kier alpha value is -4.27. The summed E-state index contributed by atoms with van der Waals surface area (Å²) in [5.41, 5.74) is 9.07. The van der Waals surface area contributed by atoms with Gasteiger partial charge in [-0.3, -0.25) is 4.57 Å². The average molecular weight is 400 g/mol. The van der Waals surface area contributed by atoms with Gasteiger partial charge in [0.05, 0.1) is 17.4 Å². The summed E-state index contributed by atoms with van der Waals surface area (Å²) in [6, 6.07) is 13.7. The highest BCUT2D eigenvalue weighted by Crippen LogP contribution is 2.29. The molecule has 0 spiro atoms. The molecule has 9 heteroatoms. The van der Waals surface area contributed by atoms with Crippen LogP contribution in [0.2, 0.25) is 0 Å². The lowest BCUT2D eigenvalue weighted by Gasteiger charge is -2.18. The second-order valence-electron chi connectivity index (χ2n) is 6.66. The molecule has 5 aromatic rings. The van der Waals surface area contributed by atoms with Crippen molar-refractivity contribution in [3.63, 3.8) is 0 Å². The van der Waals surface area contributed by atoms with Crippen molar-refractivity contribution in [3.05, 3.63) is 79.2 Å². The summed E-state index contributed by atoms with van der Waals surface area (Å²) >= 11 is 0. The Bertz CT molecular complexity index is 1370. The summed E-state index contributed by atoms with van der Waals surface area (Å²) in [5.74, 6) is 0.856. The summed E-state index contributed by atoms with van der Waals surface area (Å²) in [6.07, 6.45) is 3.23. The number of rotatable bonds is 5. The molecule has 0 saturated heterocycles. The lowest BCUT2D eigenvalue weighted by atomic mass is 10.2. The molecule has 30 heavy (non-hydrogen) atoms. The summed E-state index contributed by atoms with van der Waals surface area (Å²) in [4.78, 5) is 20.3. The molecule has 2 aromatic carbocycles. The molecule has 8 nitrogen and oxygen atoms in total. The first-order valence-electron chi connectivity index (χ1n) is 9.23. The number of nitrogens with zero attached hydrogens (tertiary/aromatic N) is 5. The molecular weight excluding hydrogens is 383 g/mol. The number of benzene rings is 2. The van der Waals surface area contributed by atoms with Gasteiger partial charge in [0.15, 0.2) is 11.5 Å². The third kappa shape index (κ3) is 2.93. The lowest BCUT2D eigenvalue weighted by Crippen LogP contribution is -2.15. The number of anilines is 2. The van der Waals surface area contributed by atoms with Gasteiger partial charge in [-0.15, -0.1) is 6.58 Å². The highest BCUT2D eigenvalue weighted by atomic mass is 19.1. The number of nitrogens with two attached hydrogens (primary N) is 1. The van der Waals surface area contributed by atoms with Gasteiger partial charge >= 0.3 is 0 Å². The van der Waals surface area contributed by atoms with Gasteiger partial charge in [-0.2, -0.15) is 9.97 Å². The van der Waals surface area contributed by atoms with Crippen LogP contribution in [0.4, 0.5) is 16.2 Å². The highest BCUT2D eigenvalue weighted by molar-refractivity contribution is 5.84. The van der Waals surface area contributed by atoms with E-state index in [0.29, 0.717) is 33.8 Å². The quantitative estimate of drug-likeness (QED) is 0.388. The summed E-state index contributed by atoms with van der Waals surface area (Å²) in [7, 11) is 0. The van der Waals surface area contributed by atoms with Crippen molar-refractivity contribution < 1.29 is 4.39 Å². The molecule has 1 unspecified atom stereocenters. The maximum absolute atomic E-state index is 14.0. The number of halogens is 1. The molecule has 3 heterocycles. The van der Waals surface area contributed by atoms with E-state index in [1.807, 2.05) is 34.9 Å². The van der Waals surface area contributed by atoms with Crippen LogP contribution in [0.25, 0.3) is 27.9 Å². The molecule has 5 rings (SSSR count). The van der Waals surface area contributed by atoms with Crippen LogP contribution in [-0.2, 0) is 0 Å². The molecule has 0 aliphatic heterocycles. The number of imidazole rings is 2. The number of fused-ring (bicyclic) bond motifs is 2. The molecule has 4 N–H and O–H groups in total. The smallest absolute Gasteiger partial charge is 0.224 e. The van der Waals surface area contributed by atoms with Crippen molar-refractivity contribution >= 4 is 34.0 Å². The van der Waals surface area contributed by atoms with Crippen molar-refractivity contribution in [2.45, 2.75) is 6.04 Å². The summed E-state index contributed by atoms with van der Waals surface area (Å²) in [6.45, 7) is 3.96.